The molecule has 85 valence electrons. The van der Waals surface area contributed by atoms with Crippen molar-refractivity contribution in [2.24, 2.45) is 0 Å². The van der Waals surface area contributed by atoms with Crippen LogP contribution in [0.3, 0.4) is 0 Å². The number of nitrogens with one attached hydrogen (secondary N) is 1. The summed E-state index contributed by atoms with van der Waals surface area (Å²) in [5.41, 5.74) is 2.69. The molecule has 0 unspecified atom stereocenters. The van der Waals surface area contributed by atoms with Crippen LogP contribution in [-0.4, -0.2) is 12.1 Å². The molecule has 0 atom stereocenters. The first-order chi connectivity index (χ1) is 7.67. The maximum Gasteiger partial charge on any atom is 0.150 e. The first-order valence-electron chi connectivity index (χ1n) is 5.31. The Balaban J connectivity index is 2.70. The molecule has 3 heteroatoms. The van der Waals surface area contributed by atoms with Crippen LogP contribution in [0.5, 0.6) is 5.75 Å². The number of aryl methyl sites for hydroxylation is 2. The van der Waals surface area contributed by atoms with Crippen LogP contribution in [0.15, 0.2) is 12.1 Å². The Morgan fingerprint density at radius 1 is 1.44 bits per heavy atom. The van der Waals surface area contributed by atoms with Crippen molar-refractivity contribution in [3.05, 3.63) is 36.1 Å². The van der Waals surface area contributed by atoms with Gasteiger partial charge in [0.05, 0.1) is 12.6 Å². The molecule has 0 aliphatic rings. The number of methoxy groups -OCH3 is 1. The van der Waals surface area contributed by atoms with E-state index in [1.54, 1.807) is 7.11 Å². The predicted octanol–water partition coefficient (Wildman–Crippen LogP) is 3.39. The average molecular weight is 220 g/mol. The van der Waals surface area contributed by atoms with E-state index in [0.717, 1.165) is 29.5 Å². The number of aromatic nitrogens is 1. The van der Waals surface area contributed by atoms with E-state index in [0.29, 0.717) is 11.3 Å². The SMILES string of the molecule is [CH2]CCc1c(C)[nH]c2c(F)cc(OC)cc12. The number of rotatable bonds is 3. The van der Waals surface area contributed by atoms with Gasteiger partial charge in [-0.3, -0.25) is 0 Å². The van der Waals surface area contributed by atoms with Gasteiger partial charge in [0.2, 0.25) is 0 Å². The first kappa shape index (κ1) is 11.0. The second-order valence-electron chi connectivity index (χ2n) is 3.86. The van der Waals surface area contributed by atoms with Crippen LogP contribution in [0, 0.1) is 19.7 Å². The molecule has 0 saturated heterocycles. The third-order valence-electron chi connectivity index (χ3n) is 2.82. The van der Waals surface area contributed by atoms with E-state index in [-0.39, 0.29) is 5.82 Å². The van der Waals surface area contributed by atoms with Crippen molar-refractivity contribution in [1.82, 2.24) is 4.98 Å². The lowest BCUT2D eigenvalue weighted by molar-refractivity contribution is 0.412. The molecule has 0 spiro atoms. The zero-order valence-corrected chi connectivity index (χ0v) is 9.56. The molecule has 2 nitrogen and oxygen atoms in total. The van der Waals surface area contributed by atoms with Crippen LogP contribution in [0.4, 0.5) is 4.39 Å². The second kappa shape index (κ2) is 4.16. The predicted molar refractivity (Wildman–Crippen MR) is 63.2 cm³/mol. The lowest BCUT2D eigenvalue weighted by Gasteiger charge is -2.02. The normalized spacial score (nSPS) is 11.0. The molecule has 0 aliphatic heterocycles. The quantitative estimate of drug-likeness (QED) is 0.842. The van der Waals surface area contributed by atoms with Crippen molar-refractivity contribution in [3.8, 4) is 5.75 Å². The summed E-state index contributed by atoms with van der Waals surface area (Å²) in [5, 5.41) is 0.901. The van der Waals surface area contributed by atoms with E-state index in [9.17, 15) is 4.39 Å². The van der Waals surface area contributed by atoms with Crippen LogP contribution in [-0.2, 0) is 6.42 Å². The number of benzene rings is 1. The standard InChI is InChI=1S/C13H15FNO/c1-4-5-10-8(2)15-13-11(10)6-9(16-3)7-12(13)14/h6-7,15H,1,4-5H2,2-3H3. The Morgan fingerprint density at radius 2 is 2.19 bits per heavy atom. The average Bonchev–Trinajstić information content (AvgIpc) is 2.58. The van der Waals surface area contributed by atoms with Gasteiger partial charge >= 0.3 is 0 Å². The van der Waals surface area contributed by atoms with Gasteiger partial charge in [-0.15, -0.1) is 0 Å². The van der Waals surface area contributed by atoms with Gasteiger partial charge in [0, 0.05) is 17.1 Å². The van der Waals surface area contributed by atoms with Crippen molar-refractivity contribution >= 4 is 10.9 Å². The van der Waals surface area contributed by atoms with Crippen molar-refractivity contribution in [3.63, 3.8) is 0 Å². The summed E-state index contributed by atoms with van der Waals surface area (Å²) in [6, 6.07) is 3.26. The third kappa shape index (κ3) is 1.66. The van der Waals surface area contributed by atoms with E-state index in [1.807, 2.05) is 13.0 Å². The highest BCUT2D eigenvalue weighted by atomic mass is 19.1. The molecule has 0 saturated carbocycles. The summed E-state index contributed by atoms with van der Waals surface area (Å²) >= 11 is 0. The second-order valence-corrected chi connectivity index (χ2v) is 3.86. The van der Waals surface area contributed by atoms with Crippen LogP contribution in [0.1, 0.15) is 17.7 Å². The smallest absolute Gasteiger partial charge is 0.150 e. The van der Waals surface area contributed by atoms with Gasteiger partial charge < -0.3 is 9.72 Å². The highest BCUT2D eigenvalue weighted by molar-refractivity contribution is 5.86. The molecule has 1 aromatic carbocycles. The molecule has 2 rings (SSSR count). The number of hydrogen-bond acceptors (Lipinski definition) is 1. The first-order valence-corrected chi connectivity index (χ1v) is 5.31. The van der Waals surface area contributed by atoms with Crippen LogP contribution < -0.4 is 4.74 Å². The largest absolute Gasteiger partial charge is 0.497 e. The molecule has 1 aromatic heterocycles. The summed E-state index contributed by atoms with van der Waals surface area (Å²) in [5.74, 6) is 0.280. The minimum absolute atomic E-state index is 0.271. The minimum Gasteiger partial charge on any atom is -0.497 e. The van der Waals surface area contributed by atoms with E-state index >= 15 is 0 Å². The topological polar surface area (TPSA) is 25.0 Å². The molecule has 0 fully saturated rings. The molecule has 2 aromatic rings. The van der Waals surface area contributed by atoms with E-state index in [4.69, 9.17) is 4.74 Å². The lowest BCUT2D eigenvalue weighted by Crippen LogP contribution is -1.87. The summed E-state index contributed by atoms with van der Waals surface area (Å²) in [4.78, 5) is 3.07. The molecular formula is C13H15FNO. The molecule has 0 aliphatic carbocycles. The molecule has 1 radical (unpaired) electrons. The Morgan fingerprint density at radius 3 is 2.81 bits per heavy atom. The highest BCUT2D eigenvalue weighted by Gasteiger charge is 2.12. The van der Waals surface area contributed by atoms with Gasteiger partial charge in [0.15, 0.2) is 5.82 Å². The molecular weight excluding hydrogens is 205 g/mol. The van der Waals surface area contributed by atoms with Crippen LogP contribution >= 0.6 is 0 Å². The fraction of sp³-hybridized carbons (Fsp3) is 0.308. The minimum atomic E-state index is -0.271. The maximum absolute atomic E-state index is 13.7. The van der Waals surface area contributed by atoms with Crippen LogP contribution in [0.2, 0.25) is 0 Å². The monoisotopic (exact) mass is 220 g/mol. The lowest BCUT2D eigenvalue weighted by atomic mass is 10.1. The van der Waals surface area contributed by atoms with Gasteiger partial charge in [-0.2, -0.15) is 0 Å². The van der Waals surface area contributed by atoms with Gasteiger partial charge in [0.1, 0.15) is 5.75 Å². The number of aromatic amines is 1. The van der Waals surface area contributed by atoms with Crippen LogP contribution in [0.25, 0.3) is 10.9 Å². The fourth-order valence-corrected chi connectivity index (χ4v) is 2.03. The van der Waals surface area contributed by atoms with Crippen molar-refractivity contribution in [1.29, 1.82) is 0 Å². The fourth-order valence-electron chi connectivity index (χ4n) is 2.03. The molecule has 1 N–H and O–H groups in total. The molecule has 1 heterocycles. The number of fused-ring (bicyclic) bond motifs is 1. The number of H-pyrrole nitrogens is 1. The van der Waals surface area contributed by atoms with Gasteiger partial charge in [-0.1, -0.05) is 6.92 Å². The number of halogens is 1. The molecule has 0 amide bonds. The van der Waals surface area contributed by atoms with Gasteiger partial charge in [-0.25, -0.2) is 4.39 Å². The summed E-state index contributed by atoms with van der Waals surface area (Å²) in [6.07, 6.45) is 1.64. The summed E-state index contributed by atoms with van der Waals surface area (Å²) in [7, 11) is 1.54. The molecule has 16 heavy (non-hydrogen) atoms. The Hall–Kier alpha value is -1.51. The van der Waals surface area contributed by atoms with Gasteiger partial charge in [-0.05, 0) is 31.4 Å². The third-order valence-corrected chi connectivity index (χ3v) is 2.82. The summed E-state index contributed by atoms with van der Waals surface area (Å²) in [6.45, 7) is 5.79. The summed E-state index contributed by atoms with van der Waals surface area (Å²) < 4.78 is 18.8. The Kier molecular flexibility index (Phi) is 2.86. The molecule has 0 bridgehead atoms. The Labute approximate surface area is 94.4 Å². The van der Waals surface area contributed by atoms with Crippen molar-refractivity contribution < 1.29 is 9.13 Å². The number of ether oxygens (including phenoxy) is 1. The highest BCUT2D eigenvalue weighted by Crippen LogP contribution is 2.29. The van der Waals surface area contributed by atoms with Crippen molar-refractivity contribution in [2.45, 2.75) is 19.8 Å². The number of hydrogen-bond donors (Lipinski definition) is 1. The Bertz CT molecular complexity index is 516. The van der Waals surface area contributed by atoms with E-state index in [2.05, 4.69) is 11.9 Å². The zero-order valence-electron chi connectivity index (χ0n) is 9.56. The maximum atomic E-state index is 13.7. The zero-order chi connectivity index (χ0) is 11.7. The van der Waals surface area contributed by atoms with Crippen molar-refractivity contribution in [2.75, 3.05) is 7.11 Å². The van der Waals surface area contributed by atoms with E-state index in [1.165, 1.54) is 6.07 Å². The van der Waals surface area contributed by atoms with Gasteiger partial charge in [0.25, 0.3) is 0 Å². The van der Waals surface area contributed by atoms with E-state index < -0.39 is 0 Å².